The van der Waals surface area contributed by atoms with Crippen molar-refractivity contribution < 1.29 is 19.7 Å². The minimum atomic E-state index is -1.23. The zero-order valence-corrected chi connectivity index (χ0v) is 12.5. The zero-order chi connectivity index (χ0) is 14.5. The maximum atomic E-state index is 11.8. The lowest BCUT2D eigenvalue weighted by molar-refractivity contribution is -0.279. The van der Waals surface area contributed by atoms with Crippen LogP contribution in [0.5, 0.6) is 0 Å². The Morgan fingerprint density at radius 1 is 1.25 bits per heavy atom. The standard InChI is InChI=1S/C16H26O4/c1-3-10(2)14(17)20-9-16(19)13-5-11-4-12(6-13)8-15(16,18)7-11/h10-13,18-19H,3-9H2,1-2H3. The molecule has 20 heavy (non-hydrogen) atoms. The fourth-order valence-corrected chi connectivity index (χ4v) is 4.80. The lowest BCUT2D eigenvalue weighted by Crippen LogP contribution is -2.70. The molecule has 4 aliphatic rings. The Morgan fingerprint density at radius 3 is 2.35 bits per heavy atom. The molecule has 4 fully saturated rings. The van der Waals surface area contributed by atoms with Crippen LogP contribution in [-0.4, -0.2) is 34.0 Å². The molecule has 0 radical (unpaired) electrons. The second kappa shape index (κ2) is 4.70. The van der Waals surface area contributed by atoms with Gasteiger partial charge in [-0.05, 0) is 56.3 Å². The third-order valence-electron chi connectivity index (χ3n) is 6.09. The number of esters is 1. The molecule has 0 aromatic rings. The summed E-state index contributed by atoms with van der Waals surface area (Å²) in [6, 6.07) is 0. The number of hydrogen-bond acceptors (Lipinski definition) is 4. The molecule has 4 nitrogen and oxygen atoms in total. The molecule has 0 aromatic heterocycles. The smallest absolute Gasteiger partial charge is 0.308 e. The van der Waals surface area contributed by atoms with E-state index in [0.29, 0.717) is 24.7 Å². The van der Waals surface area contributed by atoms with E-state index < -0.39 is 11.2 Å². The topological polar surface area (TPSA) is 66.8 Å². The lowest BCUT2D eigenvalue weighted by atomic mass is 9.48. The van der Waals surface area contributed by atoms with E-state index in [4.69, 9.17) is 4.74 Å². The van der Waals surface area contributed by atoms with Crippen molar-refractivity contribution in [2.24, 2.45) is 23.7 Å². The predicted octanol–water partition coefficient (Wildman–Crippen LogP) is 1.88. The Balaban J connectivity index is 1.73. The van der Waals surface area contributed by atoms with E-state index in [1.165, 1.54) is 6.42 Å². The Morgan fingerprint density at radius 2 is 1.85 bits per heavy atom. The monoisotopic (exact) mass is 282 g/mol. The van der Waals surface area contributed by atoms with Crippen LogP contribution in [0.15, 0.2) is 0 Å². The van der Waals surface area contributed by atoms with Crippen molar-refractivity contribution in [2.75, 3.05) is 6.61 Å². The van der Waals surface area contributed by atoms with Crippen LogP contribution in [0.3, 0.4) is 0 Å². The third-order valence-corrected chi connectivity index (χ3v) is 6.09. The van der Waals surface area contributed by atoms with Gasteiger partial charge >= 0.3 is 5.97 Å². The van der Waals surface area contributed by atoms with Gasteiger partial charge in [0.1, 0.15) is 12.2 Å². The van der Waals surface area contributed by atoms with E-state index in [1.807, 2.05) is 13.8 Å². The van der Waals surface area contributed by atoms with Crippen molar-refractivity contribution in [1.82, 2.24) is 0 Å². The normalized spacial score (nSPS) is 47.3. The van der Waals surface area contributed by atoms with E-state index >= 15 is 0 Å². The van der Waals surface area contributed by atoms with Crippen LogP contribution >= 0.6 is 0 Å². The average molecular weight is 282 g/mol. The van der Waals surface area contributed by atoms with Crippen LogP contribution in [0, 0.1) is 23.7 Å². The second-order valence-corrected chi connectivity index (χ2v) is 7.42. The van der Waals surface area contributed by atoms with Gasteiger partial charge in [0.25, 0.3) is 0 Å². The minimum absolute atomic E-state index is 0.0449. The quantitative estimate of drug-likeness (QED) is 0.773. The van der Waals surface area contributed by atoms with Crippen LogP contribution < -0.4 is 0 Å². The summed E-state index contributed by atoms with van der Waals surface area (Å²) in [4.78, 5) is 11.8. The molecule has 0 aromatic carbocycles. The SMILES string of the molecule is CCC(C)C(=O)OCC1(O)C2CC3CC(C2)CC1(O)C3. The van der Waals surface area contributed by atoms with Crippen LogP contribution in [0.1, 0.15) is 52.4 Å². The molecule has 4 rings (SSSR count). The molecule has 0 saturated heterocycles. The fourth-order valence-electron chi connectivity index (χ4n) is 4.80. The van der Waals surface area contributed by atoms with Gasteiger partial charge in [-0.25, -0.2) is 0 Å². The highest BCUT2D eigenvalue weighted by atomic mass is 16.5. The first-order valence-corrected chi connectivity index (χ1v) is 7.99. The molecule has 0 amide bonds. The lowest BCUT2D eigenvalue weighted by Gasteiger charge is -2.62. The summed E-state index contributed by atoms with van der Waals surface area (Å²) >= 11 is 0. The van der Waals surface area contributed by atoms with Gasteiger partial charge in [0.05, 0.1) is 11.5 Å². The third kappa shape index (κ3) is 2.00. The summed E-state index contributed by atoms with van der Waals surface area (Å²) in [6.45, 7) is 3.73. The second-order valence-electron chi connectivity index (χ2n) is 7.42. The molecule has 4 unspecified atom stereocenters. The Hall–Kier alpha value is -0.610. The van der Waals surface area contributed by atoms with Crippen LogP contribution in [0.25, 0.3) is 0 Å². The van der Waals surface area contributed by atoms with E-state index in [2.05, 4.69) is 0 Å². The number of carbonyl (C=O) groups excluding carboxylic acids is 1. The molecule has 114 valence electrons. The van der Waals surface area contributed by atoms with Crippen molar-refractivity contribution in [3.8, 4) is 0 Å². The zero-order valence-electron chi connectivity index (χ0n) is 12.5. The molecular formula is C16H26O4. The number of rotatable bonds is 4. The van der Waals surface area contributed by atoms with Crippen LogP contribution in [0.4, 0.5) is 0 Å². The first-order chi connectivity index (χ1) is 9.38. The molecule has 4 atom stereocenters. The van der Waals surface area contributed by atoms with Gasteiger partial charge in [-0.3, -0.25) is 4.79 Å². The summed E-state index contributed by atoms with van der Waals surface area (Å²) in [7, 11) is 0. The van der Waals surface area contributed by atoms with Crippen molar-refractivity contribution in [1.29, 1.82) is 0 Å². The molecule has 4 bridgehead atoms. The fraction of sp³-hybridized carbons (Fsp3) is 0.938. The van der Waals surface area contributed by atoms with E-state index in [1.54, 1.807) is 0 Å². The molecule has 4 heteroatoms. The Labute approximate surface area is 120 Å². The molecule has 0 aliphatic heterocycles. The number of hydrogen-bond donors (Lipinski definition) is 2. The number of aliphatic hydroxyl groups is 2. The first-order valence-electron chi connectivity index (χ1n) is 7.99. The highest BCUT2D eigenvalue weighted by molar-refractivity contribution is 5.71. The maximum Gasteiger partial charge on any atom is 0.308 e. The predicted molar refractivity (Wildman–Crippen MR) is 73.9 cm³/mol. The summed E-state index contributed by atoms with van der Waals surface area (Å²) in [5.41, 5.74) is -2.28. The van der Waals surface area contributed by atoms with Crippen LogP contribution in [0.2, 0.25) is 0 Å². The molecule has 4 aliphatic carbocycles. The molecule has 2 N–H and O–H groups in total. The van der Waals surface area contributed by atoms with Gasteiger partial charge < -0.3 is 14.9 Å². The highest BCUT2D eigenvalue weighted by Crippen LogP contribution is 2.60. The summed E-state index contributed by atoms with van der Waals surface area (Å²) in [6.07, 6.45) is 5.19. The molecule has 0 heterocycles. The first kappa shape index (κ1) is 14.3. The van der Waals surface area contributed by atoms with E-state index in [0.717, 1.165) is 19.3 Å². The number of carbonyl (C=O) groups is 1. The largest absolute Gasteiger partial charge is 0.462 e. The van der Waals surface area contributed by atoms with E-state index in [9.17, 15) is 15.0 Å². The average Bonchev–Trinajstić information content (AvgIpc) is 2.40. The van der Waals surface area contributed by atoms with Gasteiger partial charge in [-0.1, -0.05) is 13.8 Å². The van der Waals surface area contributed by atoms with Crippen molar-refractivity contribution >= 4 is 5.97 Å². The van der Waals surface area contributed by atoms with Gasteiger partial charge in [0, 0.05) is 0 Å². The maximum absolute atomic E-state index is 11.8. The number of ether oxygens (including phenoxy) is 1. The van der Waals surface area contributed by atoms with Crippen molar-refractivity contribution in [3.05, 3.63) is 0 Å². The summed E-state index contributed by atoms with van der Waals surface area (Å²) in [5.74, 6) is 0.762. The summed E-state index contributed by atoms with van der Waals surface area (Å²) < 4.78 is 5.34. The molecule has 4 saturated carbocycles. The molecule has 0 spiro atoms. The van der Waals surface area contributed by atoms with E-state index in [-0.39, 0.29) is 24.4 Å². The van der Waals surface area contributed by atoms with Crippen molar-refractivity contribution in [2.45, 2.75) is 63.6 Å². The molecular weight excluding hydrogens is 256 g/mol. The van der Waals surface area contributed by atoms with Gasteiger partial charge in [-0.2, -0.15) is 0 Å². The summed E-state index contributed by atoms with van der Waals surface area (Å²) in [5, 5.41) is 21.9. The highest BCUT2D eigenvalue weighted by Gasteiger charge is 2.65. The van der Waals surface area contributed by atoms with Gasteiger partial charge in [-0.15, -0.1) is 0 Å². The van der Waals surface area contributed by atoms with Crippen LogP contribution in [-0.2, 0) is 9.53 Å². The van der Waals surface area contributed by atoms with Crippen molar-refractivity contribution in [3.63, 3.8) is 0 Å². The Bertz CT molecular complexity index is 393. The minimum Gasteiger partial charge on any atom is -0.462 e. The Kier molecular flexibility index (Phi) is 3.37. The van der Waals surface area contributed by atoms with Gasteiger partial charge in [0.2, 0.25) is 0 Å². The van der Waals surface area contributed by atoms with Gasteiger partial charge in [0.15, 0.2) is 0 Å².